The summed E-state index contributed by atoms with van der Waals surface area (Å²) in [6, 6.07) is 20.4. The Bertz CT molecular complexity index is 902. The van der Waals surface area contributed by atoms with E-state index in [1.165, 1.54) is 10.5 Å². The van der Waals surface area contributed by atoms with Crippen molar-refractivity contribution in [2.45, 2.75) is 54.7 Å². The highest BCUT2D eigenvalue weighted by atomic mass is 32.2. The van der Waals surface area contributed by atoms with Crippen molar-refractivity contribution in [3.8, 4) is 11.5 Å². The molecule has 3 rings (SSSR count). The van der Waals surface area contributed by atoms with E-state index in [0.717, 1.165) is 20.9 Å². The number of hydrogen-bond acceptors (Lipinski definition) is 2. The van der Waals surface area contributed by atoms with Gasteiger partial charge in [-0.2, -0.15) is 0 Å². The Kier molecular flexibility index (Phi) is 5.25. The largest absolute Gasteiger partial charge is 0.508 e. The lowest BCUT2D eigenvalue weighted by atomic mass is 9.87. The van der Waals surface area contributed by atoms with E-state index in [2.05, 4.69) is 57.2 Å². The fraction of sp³-hybridized carbons (Fsp3) is 0.250. The lowest BCUT2D eigenvalue weighted by Crippen LogP contribution is -2.11. The Morgan fingerprint density at radius 1 is 0.630 bits per heavy atom. The molecule has 3 aromatic carbocycles. The quantitative estimate of drug-likeness (QED) is 0.539. The van der Waals surface area contributed by atoms with Crippen LogP contribution in [0, 0.1) is 13.8 Å². The van der Waals surface area contributed by atoms with Crippen molar-refractivity contribution in [3.05, 3.63) is 77.4 Å². The number of phenolic OH excluding ortho intramolecular Hbond substituents is 2. The monoisotopic (exact) mass is 379 g/mol. The SMILES string of the molecule is Cc1cc([S+](c2ccc(C(C)(C)C)cc2)c2ccc(O)c(C)c2)ccc1O. The maximum atomic E-state index is 9.94. The van der Waals surface area contributed by atoms with E-state index < -0.39 is 0 Å². The van der Waals surface area contributed by atoms with Gasteiger partial charge in [0.15, 0.2) is 14.7 Å². The Labute approximate surface area is 164 Å². The molecule has 0 amide bonds. The van der Waals surface area contributed by atoms with Crippen LogP contribution in [0.5, 0.6) is 11.5 Å². The Morgan fingerprint density at radius 3 is 1.41 bits per heavy atom. The summed E-state index contributed by atoms with van der Waals surface area (Å²) in [5, 5.41) is 19.9. The average molecular weight is 380 g/mol. The molecule has 0 aliphatic rings. The third-order valence-electron chi connectivity index (χ3n) is 4.76. The Hall–Kier alpha value is -2.39. The number of benzene rings is 3. The van der Waals surface area contributed by atoms with Gasteiger partial charge in [0.05, 0.1) is 10.9 Å². The Morgan fingerprint density at radius 2 is 1.04 bits per heavy atom. The van der Waals surface area contributed by atoms with E-state index >= 15 is 0 Å². The second-order valence-electron chi connectivity index (χ2n) is 7.98. The molecule has 140 valence electrons. The molecule has 0 saturated carbocycles. The van der Waals surface area contributed by atoms with Crippen LogP contribution in [-0.2, 0) is 16.3 Å². The van der Waals surface area contributed by atoms with E-state index in [-0.39, 0.29) is 16.3 Å². The van der Waals surface area contributed by atoms with Crippen LogP contribution in [-0.4, -0.2) is 10.2 Å². The third kappa shape index (κ3) is 4.14. The highest BCUT2D eigenvalue weighted by Crippen LogP contribution is 2.36. The molecule has 2 nitrogen and oxygen atoms in total. The second kappa shape index (κ2) is 7.32. The minimum absolute atomic E-state index is 0.112. The topological polar surface area (TPSA) is 40.5 Å². The fourth-order valence-electron chi connectivity index (χ4n) is 3.01. The highest BCUT2D eigenvalue weighted by molar-refractivity contribution is 7.97. The minimum atomic E-state index is -0.309. The number of rotatable bonds is 3. The third-order valence-corrected chi connectivity index (χ3v) is 6.96. The van der Waals surface area contributed by atoms with E-state index in [9.17, 15) is 10.2 Å². The summed E-state index contributed by atoms with van der Waals surface area (Å²) >= 11 is 0. The smallest absolute Gasteiger partial charge is 0.167 e. The second-order valence-corrected chi connectivity index (χ2v) is 10.0. The molecule has 0 spiro atoms. The molecule has 3 aromatic rings. The summed E-state index contributed by atoms with van der Waals surface area (Å²) in [5.74, 6) is 0.625. The van der Waals surface area contributed by atoms with Gasteiger partial charge in [0, 0.05) is 12.1 Å². The van der Waals surface area contributed by atoms with Crippen molar-refractivity contribution < 1.29 is 10.2 Å². The molecule has 0 radical (unpaired) electrons. The molecule has 0 heterocycles. The van der Waals surface area contributed by atoms with E-state index in [4.69, 9.17) is 0 Å². The minimum Gasteiger partial charge on any atom is -0.508 e. The summed E-state index contributed by atoms with van der Waals surface area (Å²) in [6.07, 6.45) is 0. The average Bonchev–Trinajstić information content (AvgIpc) is 2.61. The molecule has 0 atom stereocenters. The maximum absolute atomic E-state index is 9.94. The summed E-state index contributed by atoms with van der Waals surface area (Å²) in [6.45, 7) is 10.5. The molecule has 0 aliphatic carbocycles. The van der Waals surface area contributed by atoms with Gasteiger partial charge >= 0.3 is 0 Å². The van der Waals surface area contributed by atoms with Crippen molar-refractivity contribution >= 4 is 10.9 Å². The molecular formula is C24H27O2S+. The first-order valence-electron chi connectivity index (χ1n) is 9.11. The van der Waals surface area contributed by atoms with Gasteiger partial charge < -0.3 is 10.2 Å². The predicted octanol–water partition coefficient (Wildman–Crippen LogP) is 6.11. The number of hydrogen-bond donors (Lipinski definition) is 2. The first kappa shape index (κ1) is 19.4. The lowest BCUT2D eigenvalue weighted by Gasteiger charge is -2.19. The summed E-state index contributed by atoms with van der Waals surface area (Å²) in [4.78, 5) is 3.52. The molecule has 2 N–H and O–H groups in total. The van der Waals surface area contributed by atoms with Crippen LogP contribution in [0.2, 0.25) is 0 Å². The zero-order valence-electron chi connectivity index (χ0n) is 16.6. The van der Waals surface area contributed by atoms with Gasteiger partial charge in [0.2, 0.25) is 0 Å². The molecule has 27 heavy (non-hydrogen) atoms. The van der Waals surface area contributed by atoms with E-state index in [1.54, 1.807) is 12.1 Å². The van der Waals surface area contributed by atoms with Crippen molar-refractivity contribution in [2.24, 2.45) is 0 Å². The van der Waals surface area contributed by atoms with E-state index in [0.29, 0.717) is 11.5 Å². The lowest BCUT2D eigenvalue weighted by molar-refractivity contribution is 0.470. The van der Waals surface area contributed by atoms with E-state index in [1.807, 2.05) is 26.0 Å². The van der Waals surface area contributed by atoms with Gasteiger partial charge in [-0.1, -0.05) is 32.9 Å². The van der Waals surface area contributed by atoms with Crippen molar-refractivity contribution in [1.29, 1.82) is 0 Å². The van der Waals surface area contributed by atoms with Crippen LogP contribution < -0.4 is 0 Å². The summed E-state index contributed by atoms with van der Waals surface area (Å²) in [7, 11) is -0.309. The molecule has 0 unspecified atom stereocenters. The fourth-order valence-corrected chi connectivity index (χ4v) is 5.23. The van der Waals surface area contributed by atoms with Gasteiger partial charge in [-0.15, -0.1) is 0 Å². The molecular weight excluding hydrogens is 352 g/mol. The van der Waals surface area contributed by atoms with Crippen LogP contribution in [0.3, 0.4) is 0 Å². The zero-order valence-corrected chi connectivity index (χ0v) is 17.4. The molecule has 0 saturated heterocycles. The van der Waals surface area contributed by atoms with Gasteiger partial charge in [-0.25, -0.2) is 0 Å². The van der Waals surface area contributed by atoms with Crippen LogP contribution >= 0.6 is 0 Å². The molecule has 0 fully saturated rings. The van der Waals surface area contributed by atoms with Crippen molar-refractivity contribution in [1.82, 2.24) is 0 Å². The van der Waals surface area contributed by atoms with Crippen LogP contribution in [0.25, 0.3) is 0 Å². The summed E-state index contributed by atoms with van der Waals surface area (Å²) in [5.41, 5.74) is 3.15. The number of aryl methyl sites for hydroxylation is 2. The van der Waals surface area contributed by atoms with Gasteiger partial charge in [0.25, 0.3) is 0 Å². The Balaban J connectivity index is 2.14. The molecule has 0 aromatic heterocycles. The molecule has 3 heteroatoms. The first-order valence-corrected chi connectivity index (χ1v) is 10.3. The van der Waals surface area contributed by atoms with Gasteiger partial charge in [0.1, 0.15) is 11.5 Å². The normalized spacial score (nSPS) is 11.8. The summed E-state index contributed by atoms with van der Waals surface area (Å²) < 4.78 is 0. The van der Waals surface area contributed by atoms with Crippen LogP contribution in [0.1, 0.15) is 37.5 Å². The van der Waals surface area contributed by atoms with Crippen LogP contribution in [0.15, 0.2) is 75.4 Å². The zero-order chi connectivity index (χ0) is 19.8. The molecule has 0 aliphatic heterocycles. The maximum Gasteiger partial charge on any atom is 0.167 e. The van der Waals surface area contributed by atoms with Gasteiger partial charge in [-0.3, -0.25) is 0 Å². The predicted molar refractivity (Wildman–Crippen MR) is 113 cm³/mol. The first-order chi connectivity index (χ1) is 12.7. The van der Waals surface area contributed by atoms with Crippen molar-refractivity contribution in [2.75, 3.05) is 0 Å². The number of aromatic hydroxyl groups is 2. The van der Waals surface area contributed by atoms with Crippen molar-refractivity contribution in [3.63, 3.8) is 0 Å². The van der Waals surface area contributed by atoms with Gasteiger partial charge in [-0.05, 0) is 72.4 Å². The number of phenols is 2. The standard InChI is InChI=1S/C24H26O2S/c1-16-14-20(10-12-22(16)25)27(21-11-13-23(26)17(2)15-21)19-8-6-18(7-9-19)24(3,4)5/h6-15H,1-5H3,(H-,25,26)/p+1. The highest BCUT2D eigenvalue weighted by Gasteiger charge is 2.30. The van der Waals surface area contributed by atoms with Crippen LogP contribution in [0.4, 0.5) is 0 Å². The molecule has 0 bridgehead atoms.